The van der Waals surface area contributed by atoms with Crippen molar-refractivity contribution in [3.05, 3.63) is 23.4 Å². The first-order valence-electron chi connectivity index (χ1n) is 5.39. The lowest BCUT2D eigenvalue weighted by molar-refractivity contribution is 0.112. The quantitative estimate of drug-likeness (QED) is 0.716. The molecule has 0 atom stereocenters. The Morgan fingerprint density at radius 1 is 1.35 bits per heavy atom. The molecule has 0 saturated carbocycles. The number of hydrogen-bond acceptors (Lipinski definition) is 5. The summed E-state index contributed by atoms with van der Waals surface area (Å²) in [6, 6.07) is 1.76. The van der Waals surface area contributed by atoms with Crippen molar-refractivity contribution in [1.82, 2.24) is 4.98 Å². The van der Waals surface area contributed by atoms with Crippen LogP contribution in [-0.2, 0) is 9.84 Å². The summed E-state index contributed by atoms with van der Waals surface area (Å²) in [6.07, 6.45) is 2.27. The highest BCUT2D eigenvalue weighted by Crippen LogP contribution is 2.19. The largest absolute Gasteiger partial charge is 0.354 e. The summed E-state index contributed by atoms with van der Waals surface area (Å²) in [7, 11) is -2.87. The standard InChI is InChI=1S/C11H14N2O3S/c1-9-6-10(8-14)7-12-11(9)13-2-4-17(15,16)5-3-13/h6-8H,2-5H2,1H3. The highest BCUT2D eigenvalue weighted by molar-refractivity contribution is 7.91. The second-order valence-corrected chi connectivity index (χ2v) is 6.47. The SMILES string of the molecule is Cc1cc(C=O)cnc1N1CCS(=O)(=O)CC1. The van der Waals surface area contributed by atoms with Crippen LogP contribution in [0.3, 0.4) is 0 Å². The molecular weight excluding hydrogens is 240 g/mol. The summed E-state index contributed by atoms with van der Waals surface area (Å²) >= 11 is 0. The van der Waals surface area contributed by atoms with Gasteiger partial charge in [0.05, 0.1) is 11.5 Å². The summed E-state index contributed by atoms with van der Waals surface area (Å²) in [4.78, 5) is 16.8. The van der Waals surface area contributed by atoms with E-state index < -0.39 is 9.84 Å². The fourth-order valence-corrected chi connectivity index (χ4v) is 3.11. The maximum absolute atomic E-state index is 11.3. The van der Waals surface area contributed by atoms with Gasteiger partial charge in [-0.2, -0.15) is 0 Å². The Labute approximate surface area is 100 Å². The predicted molar refractivity (Wildman–Crippen MR) is 65.2 cm³/mol. The van der Waals surface area contributed by atoms with Crippen LogP contribution in [0.4, 0.5) is 5.82 Å². The predicted octanol–water partition coefficient (Wildman–Crippen LogP) is 0.437. The monoisotopic (exact) mass is 254 g/mol. The Balaban J connectivity index is 2.21. The minimum atomic E-state index is -2.87. The summed E-state index contributed by atoms with van der Waals surface area (Å²) in [5, 5.41) is 0. The van der Waals surface area contributed by atoms with Crippen molar-refractivity contribution >= 4 is 21.9 Å². The zero-order chi connectivity index (χ0) is 12.5. The number of anilines is 1. The second kappa shape index (κ2) is 4.44. The molecule has 5 nitrogen and oxygen atoms in total. The number of carbonyl (C=O) groups excluding carboxylic acids is 1. The molecule has 6 heteroatoms. The van der Waals surface area contributed by atoms with Gasteiger partial charge in [0.2, 0.25) is 0 Å². The molecule has 0 spiro atoms. The summed E-state index contributed by atoms with van der Waals surface area (Å²) in [6.45, 7) is 2.81. The van der Waals surface area contributed by atoms with Gasteiger partial charge in [0.1, 0.15) is 5.82 Å². The normalized spacial score (nSPS) is 19.0. The fraction of sp³-hybridized carbons (Fsp3) is 0.455. The van der Waals surface area contributed by atoms with Gasteiger partial charge in [-0.25, -0.2) is 13.4 Å². The summed E-state index contributed by atoms with van der Waals surface area (Å²) in [5.41, 5.74) is 1.43. The van der Waals surface area contributed by atoms with Crippen LogP contribution in [0.1, 0.15) is 15.9 Å². The molecule has 1 fully saturated rings. The lowest BCUT2D eigenvalue weighted by Crippen LogP contribution is -2.41. The van der Waals surface area contributed by atoms with Gasteiger partial charge in [-0.1, -0.05) is 0 Å². The van der Waals surface area contributed by atoms with Gasteiger partial charge in [-0.05, 0) is 18.6 Å². The number of aryl methyl sites for hydroxylation is 1. The first-order valence-corrected chi connectivity index (χ1v) is 7.21. The van der Waals surface area contributed by atoms with Crippen molar-refractivity contribution in [2.24, 2.45) is 0 Å². The highest BCUT2D eigenvalue weighted by atomic mass is 32.2. The van der Waals surface area contributed by atoms with E-state index in [4.69, 9.17) is 0 Å². The van der Waals surface area contributed by atoms with Crippen molar-refractivity contribution in [3.63, 3.8) is 0 Å². The fourth-order valence-electron chi connectivity index (χ4n) is 1.91. The first kappa shape index (κ1) is 12.0. The smallest absolute Gasteiger partial charge is 0.153 e. The molecule has 2 rings (SSSR count). The third-order valence-electron chi connectivity index (χ3n) is 2.85. The van der Waals surface area contributed by atoms with Gasteiger partial charge in [0.15, 0.2) is 16.1 Å². The van der Waals surface area contributed by atoms with E-state index in [1.807, 2.05) is 11.8 Å². The van der Waals surface area contributed by atoms with Crippen molar-refractivity contribution in [3.8, 4) is 0 Å². The van der Waals surface area contributed by atoms with Crippen molar-refractivity contribution in [1.29, 1.82) is 0 Å². The van der Waals surface area contributed by atoms with Crippen LogP contribution in [0.2, 0.25) is 0 Å². The Hall–Kier alpha value is -1.43. The molecular formula is C11H14N2O3S. The van der Waals surface area contributed by atoms with Crippen LogP contribution in [0.15, 0.2) is 12.3 Å². The topological polar surface area (TPSA) is 67.3 Å². The average molecular weight is 254 g/mol. The molecule has 17 heavy (non-hydrogen) atoms. The van der Waals surface area contributed by atoms with E-state index in [9.17, 15) is 13.2 Å². The number of aldehydes is 1. The van der Waals surface area contributed by atoms with E-state index in [0.717, 1.165) is 17.7 Å². The third-order valence-corrected chi connectivity index (χ3v) is 4.46. The van der Waals surface area contributed by atoms with Crippen molar-refractivity contribution in [2.75, 3.05) is 29.5 Å². The molecule has 0 unspecified atom stereocenters. The van der Waals surface area contributed by atoms with E-state index in [1.165, 1.54) is 6.20 Å². The number of pyridine rings is 1. The molecule has 2 heterocycles. The number of rotatable bonds is 2. The van der Waals surface area contributed by atoms with Gasteiger partial charge in [0, 0.05) is 24.8 Å². The molecule has 0 aromatic carbocycles. The van der Waals surface area contributed by atoms with Crippen molar-refractivity contribution in [2.45, 2.75) is 6.92 Å². The van der Waals surface area contributed by atoms with Gasteiger partial charge in [0.25, 0.3) is 0 Å². The molecule has 1 saturated heterocycles. The molecule has 1 aromatic heterocycles. The highest BCUT2D eigenvalue weighted by Gasteiger charge is 2.23. The van der Waals surface area contributed by atoms with Gasteiger partial charge in [-0.3, -0.25) is 4.79 Å². The molecule has 0 bridgehead atoms. The van der Waals surface area contributed by atoms with Crippen LogP contribution in [-0.4, -0.2) is 44.3 Å². The molecule has 0 radical (unpaired) electrons. The molecule has 92 valence electrons. The molecule has 0 aliphatic carbocycles. The Bertz CT molecular complexity index is 526. The van der Waals surface area contributed by atoms with E-state index in [0.29, 0.717) is 18.7 Å². The molecule has 0 amide bonds. The van der Waals surface area contributed by atoms with Gasteiger partial charge >= 0.3 is 0 Å². The van der Waals surface area contributed by atoms with Crippen LogP contribution in [0.5, 0.6) is 0 Å². The minimum Gasteiger partial charge on any atom is -0.354 e. The number of carbonyl (C=O) groups is 1. The molecule has 0 N–H and O–H groups in total. The lowest BCUT2D eigenvalue weighted by atomic mass is 10.2. The Morgan fingerprint density at radius 3 is 2.53 bits per heavy atom. The first-order chi connectivity index (χ1) is 8.02. The molecule has 1 aromatic rings. The lowest BCUT2D eigenvalue weighted by Gasteiger charge is -2.28. The van der Waals surface area contributed by atoms with Gasteiger partial charge in [-0.15, -0.1) is 0 Å². The number of nitrogens with zero attached hydrogens (tertiary/aromatic N) is 2. The molecule has 1 aliphatic heterocycles. The zero-order valence-corrected chi connectivity index (χ0v) is 10.4. The number of aromatic nitrogens is 1. The van der Waals surface area contributed by atoms with Crippen LogP contribution in [0.25, 0.3) is 0 Å². The van der Waals surface area contributed by atoms with E-state index >= 15 is 0 Å². The Kier molecular flexibility index (Phi) is 3.15. The summed E-state index contributed by atoms with van der Waals surface area (Å²) < 4.78 is 22.6. The second-order valence-electron chi connectivity index (χ2n) is 4.17. The van der Waals surface area contributed by atoms with E-state index in [2.05, 4.69) is 4.98 Å². The van der Waals surface area contributed by atoms with Crippen LogP contribution in [0, 0.1) is 6.92 Å². The summed E-state index contributed by atoms with van der Waals surface area (Å²) in [5.74, 6) is 1.11. The Morgan fingerprint density at radius 2 is 2.00 bits per heavy atom. The van der Waals surface area contributed by atoms with E-state index in [1.54, 1.807) is 6.07 Å². The maximum Gasteiger partial charge on any atom is 0.153 e. The van der Waals surface area contributed by atoms with Crippen LogP contribution >= 0.6 is 0 Å². The minimum absolute atomic E-state index is 0.170. The maximum atomic E-state index is 11.3. The molecule has 1 aliphatic rings. The van der Waals surface area contributed by atoms with E-state index in [-0.39, 0.29) is 11.5 Å². The average Bonchev–Trinajstić information content (AvgIpc) is 2.29. The van der Waals surface area contributed by atoms with Crippen molar-refractivity contribution < 1.29 is 13.2 Å². The number of sulfone groups is 1. The van der Waals surface area contributed by atoms with Gasteiger partial charge < -0.3 is 4.90 Å². The number of hydrogen-bond donors (Lipinski definition) is 0. The van der Waals surface area contributed by atoms with Crippen LogP contribution < -0.4 is 4.90 Å². The third kappa shape index (κ3) is 2.63. The zero-order valence-electron chi connectivity index (χ0n) is 9.59.